The molecule has 6 nitrogen and oxygen atoms in total. The summed E-state index contributed by atoms with van der Waals surface area (Å²) in [4.78, 5) is 23.4. The molecule has 0 amide bonds. The van der Waals surface area contributed by atoms with Gasteiger partial charge in [0.05, 0.1) is 13.7 Å². The van der Waals surface area contributed by atoms with Crippen LogP contribution < -0.4 is 5.73 Å². The van der Waals surface area contributed by atoms with Crippen molar-refractivity contribution in [2.75, 3.05) is 13.7 Å². The van der Waals surface area contributed by atoms with Crippen LogP contribution >= 0.6 is 0 Å². The third-order valence-electron chi connectivity index (χ3n) is 2.91. The summed E-state index contributed by atoms with van der Waals surface area (Å²) in [5, 5.41) is 9.95. The molecule has 1 rings (SSSR count). The molecule has 1 aromatic rings. The number of rotatable bonds is 6. The van der Waals surface area contributed by atoms with E-state index in [1.165, 1.54) is 0 Å². The van der Waals surface area contributed by atoms with Crippen LogP contribution in [0.5, 0.6) is 0 Å². The standard InChI is InChI=1S/C14H19NO5/c1-3-20-13(17)10(12(16)14(18)19-2)11(15)9-7-5-4-6-8-9/h4-8,10-12,16H,3,15H2,1-2H3. The average Bonchev–Trinajstić information content (AvgIpc) is 2.47. The molecule has 1 aromatic carbocycles. The van der Waals surface area contributed by atoms with Crippen molar-refractivity contribution in [2.45, 2.75) is 19.1 Å². The Balaban J connectivity index is 3.04. The molecular formula is C14H19NO5. The first-order valence-corrected chi connectivity index (χ1v) is 6.26. The molecule has 0 heterocycles. The van der Waals surface area contributed by atoms with E-state index >= 15 is 0 Å². The van der Waals surface area contributed by atoms with Gasteiger partial charge in [0.2, 0.25) is 0 Å². The molecule has 3 unspecified atom stereocenters. The van der Waals surface area contributed by atoms with E-state index in [2.05, 4.69) is 4.74 Å². The lowest BCUT2D eigenvalue weighted by molar-refractivity contribution is -0.165. The molecule has 110 valence electrons. The number of carbonyl (C=O) groups excluding carboxylic acids is 2. The van der Waals surface area contributed by atoms with Gasteiger partial charge in [-0.15, -0.1) is 0 Å². The van der Waals surface area contributed by atoms with Crippen LogP contribution in [0, 0.1) is 5.92 Å². The topological polar surface area (TPSA) is 98.8 Å². The van der Waals surface area contributed by atoms with Crippen molar-refractivity contribution in [1.29, 1.82) is 0 Å². The number of hydrogen-bond donors (Lipinski definition) is 2. The molecule has 0 fully saturated rings. The van der Waals surface area contributed by atoms with Crippen LogP contribution in [0.2, 0.25) is 0 Å². The molecule has 0 aliphatic carbocycles. The maximum atomic E-state index is 11.9. The SMILES string of the molecule is CCOC(=O)C(C(O)C(=O)OC)C(N)c1ccccc1. The predicted octanol–water partition coefficient (Wildman–Crippen LogP) is 0.400. The van der Waals surface area contributed by atoms with Crippen molar-refractivity contribution in [2.24, 2.45) is 11.7 Å². The van der Waals surface area contributed by atoms with Crippen molar-refractivity contribution in [3.05, 3.63) is 35.9 Å². The van der Waals surface area contributed by atoms with Gasteiger partial charge in [0.1, 0.15) is 5.92 Å². The Kier molecular flexibility index (Phi) is 6.14. The molecule has 0 saturated carbocycles. The van der Waals surface area contributed by atoms with Gasteiger partial charge < -0.3 is 20.3 Å². The Bertz CT molecular complexity index is 448. The van der Waals surface area contributed by atoms with E-state index < -0.39 is 30.0 Å². The first-order chi connectivity index (χ1) is 9.52. The third-order valence-corrected chi connectivity index (χ3v) is 2.91. The Morgan fingerprint density at radius 2 is 1.85 bits per heavy atom. The second-order valence-electron chi connectivity index (χ2n) is 4.18. The number of ether oxygens (including phenoxy) is 2. The maximum Gasteiger partial charge on any atom is 0.335 e. The van der Waals surface area contributed by atoms with Crippen LogP contribution in [0.25, 0.3) is 0 Å². The van der Waals surface area contributed by atoms with Crippen LogP contribution in [0.3, 0.4) is 0 Å². The van der Waals surface area contributed by atoms with E-state index in [0.717, 1.165) is 7.11 Å². The van der Waals surface area contributed by atoms with Crippen LogP contribution in [0.4, 0.5) is 0 Å². The minimum absolute atomic E-state index is 0.130. The van der Waals surface area contributed by atoms with E-state index in [0.29, 0.717) is 5.56 Å². The summed E-state index contributed by atoms with van der Waals surface area (Å²) < 4.78 is 9.33. The summed E-state index contributed by atoms with van der Waals surface area (Å²) in [6.45, 7) is 1.76. The zero-order chi connectivity index (χ0) is 15.1. The molecule has 0 spiro atoms. The zero-order valence-electron chi connectivity index (χ0n) is 11.5. The molecule has 0 aliphatic heterocycles. The van der Waals surface area contributed by atoms with Crippen LogP contribution in [-0.2, 0) is 19.1 Å². The lowest BCUT2D eigenvalue weighted by Gasteiger charge is -2.25. The van der Waals surface area contributed by atoms with Gasteiger partial charge in [-0.2, -0.15) is 0 Å². The summed E-state index contributed by atoms with van der Waals surface area (Å²) >= 11 is 0. The first-order valence-electron chi connectivity index (χ1n) is 6.26. The van der Waals surface area contributed by atoms with Crippen molar-refractivity contribution in [1.82, 2.24) is 0 Å². The summed E-state index contributed by atoms with van der Waals surface area (Å²) in [5.41, 5.74) is 6.61. The number of nitrogens with two attached hydrogens (primary N) is 1. The van der Waals surface area contributed by atoms with Crippen molar-refractivity contribution in [3.63, 3.8) is 0 Å². The van der Waals surface area contributed by atoms with Crippen molar-refractivity contribution >= 4 is 11.9 Å². The first kappa shape index (κ1) is 16.1. The van der Waals surface area contributed by atoms with Crippen molar-refractivity contribution in [3.8, 4) is 0 Å². The average molecular weight is 281 g/mol. The van der Waals surface area contributed by atoms with Gasteiger partial charge in [-0.1, -0.05) is 30.3 Å². The Labute approximate surface area is 117 Å². The second-order valence-corrected chi connectivity index (χ2v) is 4.18. The quantitative estimate of drug-likeness (QED) is 0.732. The Morgan fingerprint density at radius 3 is 2.35 bits per heavy atom. The van der Waals surface area contributed by atoms with Gasteiger partial charge in [-0.25, -0.2) is 4.79 Å². The van der Waals surface area contributed by atoms with E-state index in [4.69, 9.17) is 10.5 Å². The smallest absolute Gasteiger partial charge is 0.335 e. The highest BCUT2D eigenvalue weighted by Gasteiger charge is 2.39. The van der Waals surface area contributed by atoms with E-state index in [-0.39, 0.29) is 6.61 Å². The fourth-order valence-corrected chi connectivity index (χ4v) is 1.86. The summed E-state index contributed by atoms with van der Waals surface area (Å²) in [5.74, 6) is -2.87. The third kappa shape index (κ3) is 3.79. The van der Waals surface area contributed by atoms with Crippen molar-refractivity contribution < 1.29 is 24.2 Å². The van der Waals surface area contributed by atoms with E-state index in [1.807, 2.05) is 0 Å². The van der Waals surface area contributed by atoms with Crippen LogP contribution in [0.15, 0.2) is 30.3 Å². The number of aliphatic hydroxyl groups excluding tert-OH is 1. The monoisotopic (exact) mass is 281 g/mol. The van der Waals surface area contributed by atoms with E-state index in [9.17, 15) is 14.7 Å². The number of benzene rings is 1. The van der Waals surface area contributed by atoms with Gasteiger partial charge in [-0.3, -0.25) is 4.79 Å². The Morgan fingerprint density at radius 1 is 1.25 bits per heavy atom. The lowest BCUT2D eigenvalue weighted by Crippen LogP contribution is -2.43. The molecule has 0 radical (unpaired) electrons. The summed E-state index contributed by atoms with van der Waals surface area (Å²) in [7, 11) is 1.13. The number of carbonyl (C=O) groups is 2. The highest BCUT2D eigenvalue weighted by Crippen LogP contribution is 2.24. The maximum absolute atomic E-state index is 11.9. The van der Waals surface area contributed by atoms with Crippen LogP contribution in [0.1, 0.15) is 18.5 Å². The molecule has 0 aliphatic rings. The number of esters is 2. The number of methoxy groups -OCH3 is 1. The molecule has 3 N–H and O–H groups in total. The fraction of sp³-hybridized carbons (Fsp3) is 0.429. The lowest BCUT2D eigenvalue weighted by atomic mass is 9.89. The second kappa shape index (κ2) is 7.62. The normalized spacial score (nSPS) is 15.0. The highest BCUT2D eigenvalue weighted by atomic mass is 16.5. The van der Waals surface area contributed by atoms with Crippen LogP contribution in [-0.4, -0.2) is 36.9 Å². The fourth-order valence-electron chi connectivity index (χ4n) is 1.86. The van der Waals surface area contributed by atoms with Gasteiger partial charge in [0, 0.05) is 6.04 Å². The van der Waals surface area contributed by atoms with Gasteiger partial charge in [-0.05, 0) is 12.5 Å². The molecule has 3 atom stereocenters. The minimum Gasteiger partial charge on any atom is -0.467 e. The van der Waals surface area contributed by atoms with Gasteiger partial charge >= 0.3 is 11.9 Å². The largest absolute Gasteiger partial charge is 0.467 e. The molecule has 6 heteroatoms. The summed E-state index contributed by atoms with van der Waals surface area (Å²) in [6.07, 6.45) is -1.67. The van der Waals surface area contributed by atoms with Gasteiger partial charge in [0.25, 0.3) is 0 Å². The van der Waals surface area contributed by atoms with E-state index in [1.54, 1.807) is 37.3 Å². The molecule has 0 bridgehead atoms. The molecule has 0 aromatic heterocycles. The molecule has 20 heavy (non-hydrogen) atoms. The number of hydrogen-bond acceptors (Lipinski definition) is 6. The summed E-state index contributed by atoms with van der Waals surface area (Å²) in [6, 6.07) is 7.85. The number of aliphatic hydroxyl groups is 1. The Hall–Kier alpha value is -1.92. The molecule has 0 saturated heterocycles. The predicted molar refractivity (Wildman–Crippen MR) is 71.5 cm³/mol. The highest BCUT2D eigenvalue weighted by molar-refractivity contribution is 5.84. The molecular weight excluding hydrogens is 262 g/mol. The zero-order valence-corrected chi connectivity index (χ0v) is 11.5. The minimum atomic E-state index is -1.67. The van der Waals surface area contributed by atoms with Gasteiger partial charge in [0.15, 0.2) is 6.10 Å².